The van der Waals surface area contributed by atoms with Crippen molar-refractivity contribution in [3.05, 3.63) is 35.4 Å². The molecule has 0 aromatic heterocycles. The van der Waals surface area contributed by atoms with E-state index < -0.39 is 0 Å². The van der Waals surface area contributed by atoms with E-state index in [1.54, 1.807) is 0 Å². The third kappa shape index (κ3) is 5.32. The number of ether oxygens (including phenoxy) is 1. The Labute approximate surface area is 110 Å². The highest BCUT2D eigenvalue weighted by Gasteiger charge is 2.07. The smallest absolute Gasteiger partial charge is 0.222 e. The summed E-state index contributed by atoms with van der Waals surface area (Å²) in [7, 11) is 0. The van der Waals surface area contributed by atoms with Crippen molar-refractivity contribution in [2.75, 3.05) is 19.8 Å². The summed E-state index contributed by atoms with van der Waals surface area (Å²) < 4.78 is 5.15. The van der Waals surface area contributed by atoms with Crippen LogP contribution in [0.4, 0.5) is 0 Å². The number of hydrogen-bond donors (Lipinski definition) is 1. The Morgan fingerprint density at radius 2 is 2.00 bits per heavy atom. The van der Waals surface area contributed by atoms with E-state index in [1.165, 1.54) is 11.1 Å². The number of rotatable bonds is 7. The first-order valence-electron chi connectivity index (χ1n) is 6.54. The molecular weight excluding hydrogens is 226 g/mol. The van der Waals surface area contributed by atoms with E-state index in [0.29, 0.717) is 32.1 Å². The summed E-state index contributed by atoms with van der Waals surface area (Å²) in [5.41, 5.74) is 2.51. The van der Waals surface area contributed by atoms with Crippen molar-refractivity contribution in [2.45, 2.75) is 33.1 Å². The van der Waals surface area contributed by atoms with Crippen LogP contribution < -0.4 is 5.32 Å². The average molecular weight is 249 g/mol. The second-order valence-corrected chi connectivity index (χ2v) is 4.56. The number of benzene rings is 1. The van der Waals surface area contributed by atoms with Crippen LogP contribution in [-0.2, 0) is 9.53 Å². The number of carbonyl (C=O) groups is 1. The maximum Gasteiger partial charge on any atom is 0.222 e. The monoisotopic (exact) mass is 249 g/mol. The standard InChI is InChI=1S/C15H23NO2/c1-4-18-10-9-15(17)16-11-13(3)14-7-5-12(2)6-8-14/h5-8,13H,4,9-11H2,1-3H3,(H,16,17)/t13-/m0/s1. The van der Waals surface area contributed by atoms with Crippen LogP contribution in [0.5, 0.6) is 0 Å². The summed E-state index contributed by atoms with van der Waals surface area (Å²) in [6.45, 7) is 7.96. The first-order chi connectivity index (χ1) is 8.63. The Kier molecular flexibility index (Phi) is 6.44. The van der Waals surface area contributed by atoms with Crippen molar-refractivity contribution in [3.63, 3.8) is 0 Å². The fourth-order valence-corrected chi connectivity index (χ4v) is 1.68. The van der Waals surface area contributed by atoms with Gasteiger partial charge in [0.25, 0.3) is 0 Å². The van der Waals surface area contributed by atoms with Crippen LogP contribution in [0.15, 0.2) is 24.3 Å². The number of aryl methyl sites for hydroxylation is 1. The summed E-state index contributed by atoms with van der Waals surface area (Å²) in [4.78, 5) is 11.5. The Hall–Kier alpha value is -1.35. The summed E-state index contributed by atoms with van der Waals surface area (Å²) in [6.07, 6.45) is 0.439. The maximum absolute atomic E-state index is 11.5. The van der Waals surface area contributed by atoms with Gasteiger partial charge in [0.2, 0.25) is 5.91 Å². The summed E-state index contributed by atoms with van der Waals surface area (Å²) in [5, 5.41) is 2.94. The molecule has 0 aliphatic carbocycles. The summed E-state index contributed by atoms with van der Waals surface area (Å²) >= 11 is 0. The quantitative estimate of drug-likeness (QED) is 0.754. The van der Waals surface area contributed by atoms with Gasteiger partial charge in [-0.2, -0.15) is 0 Å². The molecule has 0 heterocycles. The Bertz CT molecular complexity index is 359. The van der Waals surface area contributed by atoms with Gasteiger partial charge in [0, 0.05) is 19.6 Å². The van der Waals surface area contributed by atoms with E-state index in [0.717, 1.165) is 0 Å². The van der Waals surface area contributed by atoms with Gasteiger partial charge >= 0.3 is 0 Å². The number of hydrogen-bond acceptors (Lipinski definition) is 2. The third-order valence-electron chi connectivity index (χ3n) is 2.93. The molecule has 1 amide bonds. The van der Waals surface area contributed by atoms with Crippen LogP contribution in [0.2, 0.25) is 0 Å². The van der Waals surface area contributed by atoms with E-state index in [-0.39, 0.29) is 5.91 Å². The lowest BCUT2D eigenvalue weighted by Crippen LogP contribution is -2.28. The highest BCUT2D eigenvalue weighted by Crippen LogP contribution is 2.14. The second kappa shape index (κ2) is 7.88. The summed E-state index contributed by atoms with van der Waals surface area (Å²) in [6, 6.07) is 8.43. The van der Waals surface area contributed by atoms with Crippen molar-refractivity contribution in [3.8, 4) is 0 Å². The molecule has 0 unspecified atom stereocenters. The van der Waals surface area contributed by atoms with Crippen LogP contribution in [0, 0.1) is 6.92 Å². The average Bonchev–Trinajstić information content (AvgIpc) is 2.37. The van der Waals surface area contributed by atoms with Gasteiger partial charge in [-0.1, -0.05) is 36.8 Å². The highest BCUT2D eigenvalue weighted by molar-refractivity contribution is 5.76. The van der Waals surface area contributed by atoms with E-state index in [2.05, 4.69) is 43.4 Å². The Morgan fingerprint density at radius 3 is 2.61 bits per heavy atom. The SMILES string of the molecule is CCOCCC(=O)NC[C@H](C)c1ccc(C)cc1. The van der Waals surface area contributed by atoms with Gasteiger partial charge in [-0.25, -0.2) is 0 Å². The molecule has 0 saturated carbocycles. The summed E-state index contributed by atoms with van der Waals surface area (Å²) in [5.74, 6) is 0.393. The fourth-order valence-electron chi connectivity index (χ4n) is 1.68. The van der Waals surface area contributed by atoms with E-state index in [4.69, 9.17) is 4.74 Å². The van der Waals surface area contributed by atoms with E-state index >= 15 is 0 Å². The first-order valence-corrected chi connectivity index (χ1v) is 6.54. The van der Waals surface area contributed by atoms with Crippen molar-refractivity contribution in [1.82, 2.24) is 5.32 Å². The van der Waals surface area contributed by atoms with Gasteiger partial charge in [-0.3, -0.25) is 4.79 Å². The lowest BCUT2D eigenvalue weighted by Gasteiger charge is -2.13. The molecule has 1 atom stereocenters. The zero-order valence-electron chi connectivity index (χ0n) is 11.5. The molecule has 100 valence electrons. The highest BCUT2D eigenvalue weighted by atomic mass is 16.5. The van der Waals surface area contributed by atoms with Gasteiger partial charge in [-0.15, -0.1) is 0 Å². The molecule has 1 rings (SSSR count). The number of nitrogens with one attached hydrogen (secondary N) is 1. The Balaban J connectivity index is 2.30. The molecule has 1 N–H and O–H groups in total. The lowest BCUT2D eigenvalue weighted by atomic mass is 10.00. The molecule has 0 fully saturated rings. The molecule has 0 spiro atoms. The van der Waals surface area contributed by atoms with Crippen molar-refractivity contribution in [1.29, 1.82) is 0 Å². The molecule has 0 bridgehead atoms. The molecule has 3 nitrogen and oxygen atoms in total. The van der Waals surface area contributed by atoms with Crippen LogP contribution in [-0.4, -0.2) is 25.7 Å². The second-order valence-electron chi connectivity index (χ2n) is 4.56. The van der Waals surface area contributed by atoms with E-state index in [1.807, 2.05) is 6.92 Å². The van der Waals surface area contributed by atoms with Gasteiger partial charge in [0.05, 0.1) is 6.61 Å². The minimum Gasteiger partial charge on any atom is -0.381 e. The van der Waals surface area contributed by atoms with Crippen LogP contribution in [0.1, 0.15) is 37.3 Å². The molecule has 18 heavy (non-hydrogen) atoms. The van der Waals surface area contributed by atoms with Crippen LogP contribution in [0.3, 0.4) is 0 Å². The minimum atomic E-state index is 0.0578. The molecule has 1 aromatic rings. The number of amides is 1. The van der Waals surface area contributed by atoms with E-state index in [9.17, 15) is 4.79 Å². The fraction of sp³-hybridized carbons (Fsp3) is 0.533. The van der Waals surface area contributed by atoms with Crippen LogP contribution in [0.25, 0.3) is 0 Å². The topological polar surface area (TPSA) is 38.3 Å². The predicted octanol–water partition coefficient (Wildman–Crippen LogP) is 2.64. The molecule has 0 aliphatic rings. The predicted molar refractivity (Wildman–Crippen MR) is 73.7 cm³/mol. The van der Waals surface area contributed by atoms with Gasteiger partial charge in [0.15, 0.2) is 0 Å². The maximum atomic E-state index is 11.5. The van der Waals surface area contributed by atoms with Gasteiger partial charge in [-0.05, 0) is 25.3 Å². The largest absolute Gasteiger partial charge is 0.381 e. The van der Waals surface area contributed by atoms with Crippen LogP contribution >= 0.6 is 0 Å². The third-order valence-corrected chi connectivity index (χ3v) is 2.93. The number of carbonyl (C=O) groups excluding carboxylic acids is 1. The molecule has 0 saturated heterocycles. The Morgan fingerprint density at radius 1 is 1.33 bits per heavy atom. The molecule has 1 aromatic carbocycles. The van der Waals surface area contributed by atoms with Crippen molar-refractivity contribution < 1.29 is 9.53 Å². The molecule has 0 radical (unpaired) electrons. The molecule has 3 heteroatoms. The van der Waals surface area contributed by atoms with Crippen molar-refractivity contribution in [2.24, 2.45) is 0 Å². The van der Waals surface area contributed by atoms with Crippen molar-refractivity contribution >= 4 is 5.91 Å². The molecule has 0 aliphatic heterocycles. The first kappa shape index (κ1) is 14.7. The normalized spacial score (nSPS) is 12.2. The zero-order valence-corrected chi connectivity index (χ0v) is 11.5. The van der Waals surface area contributed by atoms with Gasteiger partial charge in [0.1, 0.15) is 0 Å². The molecular formula is C15H23NO2. The van der Waals surface area contributed by atoms with Gasteiger partial charge < -0.3 is 10.1 Å². The zero-order chi connectivity index (χ0) is 13.4. The minimum absolute atomic E-state index is 0.0578. The lowest BCUT2D eigenvalue weighted by molar-refractivity contribution is -0.122.